The lowest BCUT2D eigenvalue weighted by molar-refractivity contribution is -0.142. The lowest BCUT2D eigenvalue weighted by atomic mass is 9.86. The zero-order chi connectivity index (χ0) is 12.3. The molecule has 1 aromatic carbocycles. The maximum absolute atomic E-state index is 10.8. The van der Waals surface area contributed by atoms with Gasteiger partial charge in [0.2, 0.25) is 0 Å². The molecule has 0 atom stereocenters. The molecule has 1 aliphatic rings. The zero-order valence-corrected chi connectivity index (χ0v) is 11.1. The van der Waals surface area contributed by atoms with Gasteiger partial charge < -0.3 is 10.4 Å². The van der Waals surface area contributed by atoms with E-state index in [1.54, 1.807) is 0 Å². The fraction of sp³-hybridized carbons (Fsp3) is 0.462. The van der Waals surface area contributed by atoms with Gasteiger partial charge in [0.05, 0.1) is 5.92 Å². The van der Waals surface area contributed by atoms with E-state index in [4.69, 9.17) is 5.11 Å². The van der Waals surface area contributed by atoms with E-state index >= 15 is 0 Å². The summed E-state index contributed by atoms with van der Waals surface area (Å²) in [4.78, 5) is 10.8. The summed E-state index contributed by atoms with van der Waals surface area (Å²) in [5, 5.41) is 12.4. The van der Waals surface area contributed by atoms with Crippen LogP contribution in [-0.2, 0) is 4.79 Å². The first kappa shape index (κ1) is 12.4. The average Bonchev–Trinajstić information content (AvgIpc) is 2.29. The molecule has 0 aromatic heterocycles. The molecule has 0 heterocycles. The van der Waals surface area contributed by atoms with E-state index in [1.165, 1.54) is 0 Å². The third-order valence-corrected chi connectivity index (χ3v) is 3.77. The van der Waals surface area contributed by atoms with Gasteiger partial charge in [0.1, 0.15) is 0 Å². The Morgan fingerprint density at radius 2 is 2.00 bits per heavy atom. The molecule has 2 N–H and O–H groups in total. The van der Waals surface area contributed by atoms with Crippen LogP contribution in [0.3, 0.4) is 0 Å². The van der Waals surface area contributed by atoms with Crippen molar-refractivity contribution in [1.29, 1.82) is 0 Å². The molecule has 3 nitrogen and oxygen atoms in total. The Kier molecular flexibility index (Phi) is 4.05. The van der Waals surface area contributed by atoms with Gasteiger partial charge in [-0.15, -0.1) is 0 Å². The van der Waals surface area contributed by atoms with E-state index in [2.05, 4.69) is 21.2 Å². The normalized spacial score (nSPS) is 24.3. The smallest absolute Gasteiger partial charge is 0.306 e. The third-order valence-electron chi connectivity index (χ3n) is 3.27. The molecule has 0 bridgehead atoms. The number of benzene rings is 1. The van der Waals surface area contributed by atoms with E-state index in [-0.39, 0.29) is 5.92 Å². The van der Waals surface area contributed by atoms with Crippen molar-refractivity contribution in [1.82, 2.24) is 0 Å². The number of carbonyl (C=O) groups is 1. The van der Waals surface area contributed by atoms with Crippen LogP contribution in [0.15, 0.2) is 28.7 Å². The van der Waals surface area contributed by atoms with Crippen LogP contribution in [0.1, 0.15) is 25.7 Å². The molecule has 0 spiro atoms. The number of aliphatic carboxylic acids is 1. The molecule has 0 saturated heterocycles. The van der Waals surface area contributed by atoms with Crippen molar-refractivity contribution in [3.63, 3.8) is 0 Å². The zero-order valence-electron chi connectivity index (χ0n) is 9.53. The van der Waals surface area contributed by atoms with Gasteiger partial charge >= 0.3 is 5.97 Å². The van der Waals surface area contributed by atoms with Gasteiger partial charge in [-0.25, -0.2) is 0 Å². The lowest BCUT2D eigenvalue weighted by Gasteiger charge is -2.27. The molecule has 0 unspecified atom stereocenters. The van der Waals surface area contributed by atoms with Crippen LogP contribution in [-0.4, -0.2) is 17.1 Å². The molecule has 1 fully saturated rings. The number of halogens is 1. The van der Waals surface area contributed by atoms with Crippen molar-refractivity contribution in [2.45, 2.75) is 31.7 Å². The molecule has 17 heavy (non-hydrogen) atoms. The first-order valence-corrected chi connectivity index (χ1v) is 6.69. The van der Waals surface area contributed by atoms with Gasteiger partial charge in [-0.05, 0) is 43.9 Å². The Morgan fingerprint density at radius 1 is 1.29 bits per heavy atom. The van der Waals surface area contributed by atoms with E-state index in [0.29, 0.717) is 6.04 Å². The molecule has 1 saturated carbocycles. The Hall–Kier alpha value is -1.03. The SMILES string of the molecule is O=C(O)C1CCC(Nc2cccc(Br)c2)CC1. The topological polar surface area (TPSA) is 49.3 Å². The Morgan fingerprint density at radius 3 is 2.59 bits per heavy atom. The van der Waals surface area contributed by atoms with Crippen LogP contribution in [0.5, 0.6) is 0 Å². The molecular weight excluding hydrogens is 282 g/mol. The summed E-state index contributed by atoms with van der Waals surface area (Å²) in [6.07, 6.45) is 3.43. The fourth-order valence-electron chi connectivity index (χ4n) is 2.30. The van der Waals surface area contributed by atoms with Crippen LogP contribution in [0.25, 0.3) is 0 Å². The van der Waals surface area contributed by atoms with Gasteiger partial charge in [0.15, 0.2) is 0 Å². The lowest BCUT2D eigenvalue weighted by Crippen LogP contribution is -2.29. The maximum Gasteiger partial charge on any atom is 0.306 e. The summed E-state index contributed by atoms with van der Waals surface area (Å²) in [7, 11) is 0. The van der Waals surface area contributed by atoms with Crippen LogP contribution < -0.4 is 5.32 Å². The highest BCUT2D eigenvalue weighted by molar-refractivity contribution is 9.10. The van der Waals surface area contributed by atoms with Gasteiger partial charge in [0, 0.05) is 16.2 Å². The molecule has 4 heteroatoms. The molecule has 2 rings (SSSR count). The highest BCUT2D eigenvalue weighted by Crippen LogP contribution is 2.27. The predicted molar refractivity (Wildman–Crippen MR) is 71.1 cm³/mol. The monoisotopic (exact) mass is 297 g/mol. The first-order chi connectivity index (χ1) is 8.15. The molecule has 0 radical (unpaired) electrons. The molecular formula is C13H16BrNO2. The summed E-state index contributed by atoms with van der Waals surface area (Å²) in [5.74, 6) is -0.790. The number of hydrogen-bond donors (Lipinski definition) is 2. The number of carboxylic acid groups (broad SMARTS) is 1. The molecule has 0 amide bonds. The molecule has 1 aromatic rings. The number of rotatable bonds is 3. The van der Waals surface area contributed by atoms with Crippen molar-refractivity contribution in [2.75, 3.05) is 5.32 Å². The van der Waals surface area contributed by atoms with Crippen molar-refractivity contribution >= 4 is 27.6 Å². The summed E-state index contributed by atoms with van der Waals surface area (Å²) in [6.45, 7) is 0. The standard InChI is InChI=1S/C13H16BrNO2/c14-10-2-1-3-12(8-10)15-11-6-4-9(5-7-11)13(16)17/h1-3,8-9,11,15H,4-7H2,(H,16,17). The highest BCUT2D eigenvalue weighted by atomic mass is 79.9. The summed E-state index contributed by atoms with van der Waals surface area (Å²) in [6, 6.07) is 8.47. The summed E-state index contributed by atoms with van der Waals surface area (Å²) in [5.41, 5.74) is 1.10. The Labute approximate surface area is 109 Å². The summed E-state index contributed by atoms with van der Waals surface area (Å²) >= 11 is 3.44. The number of hydrogen-bond acceptors (Lipinski definition) is 2. The van der Waals surface area contributed by atoms with E-state index < -0.39 is 5.97 Å². The average molecular weight is 298 g/mol. The van der Waals surface area contributed by atoms with Crippen LogP contribution in [0.4, 0.5) is 5.69 Å². The van der Waals surface area contributed by atoms with E-state index in [0.717, 1.165) is 35.8 Å². The second kappa shape index (κ2) is 5.54. The molecule has 1 aliphatic carbocycles. The summed E-state index contributed by atoms with van der Waals surface area (Å²) < 4.78 is 1.06. The largest absolute Gasteiger partial charge is 0.481 e. The van der Waals surface area contributed by atoms with E-state index in [1.807, 2.05) is 24.3 Å². The number of carboxylic acids is 1. The minimum Gasteiger partial charge on any atom is -0.481 e. The van der Waals surface area contributed by atoms with Crippen LogP contribution >= 0.6 is 15.9 Å². The fourth-order valence-corrected chi connectivity index (χ4v) is 2.70. The second-order valence-electron chi connectivity index (χ2n) is 4.54. The predicted octanol–water partition coefficient (Wildman–Crippen LogP) is 3.50. The second-order valence-corrected chi connectivity index (χ2v) is 5.46. The maximum atomic E-state index is 10.8. The van der Waals surface area contributed by atoms with Crippen molar-refractivity contribution in [2.24, 2.45) is 5.92 Å². The first-order valence-electron chi connectivity index (χ1n) is 5.90. The van der Waals surface area contributed by atoms with Crippen molar-refractivity contribution in [3.05, 3.63) is 28.7 Å². The van der Waals surface area contributed by atoms with Gasteiger partial charge in [-0.3, -0.25) is 4.79 Å². The van der Waals surface area contributed by atoms with Crippen molar-refractivity contribution < 1.29 is 9.90 Å². The van der Waals surface area contributed by atoms with E-state index in [9.17, 15) is 4.79 Å². The number of nitrogens with one attached hydrogen (secondary N) is 1. The molecule has 92 valence electrons. The van der Waals surface area contributed by atoms with Gasteiger partial charge in [0.25, 0.3) is 0 Å². The Balaban J connectivity index is 1.88. The minimum absolute atomic E-state index is 0.143. The van der Waals surface area contributed by atoms with Crippen LogP contribution in [0, 0.1) is 5.92 Å². The third kappa shape index (κ3) is 3.46. The van der Waals surface area contributed by atoms with Gasteiger partial charge in [-0.2, -0.15) is 0 Å². The van der Waals surface area contributed by atoms with Gasteiger partial charge in [-0.1, -0.05) is 22.0 Å². The Bertz CT molecular complexity index is 400. The number of anilines is 1. The highest BCUT2D eigenvalue weighted by Gasteiger charge is 2.25. The minimum atomic E-state index is -0.647. The van der Waals surface area contributed by atoms with Crippen molar-refractivity contribution in [3.8, 4) is 0 Å². The molecule has 0 aliphatic heterocycles. The van der Waals surface area contributed by atoms with Crippen LogP contribution in [0.2, 0.25) is 0 Å². The quantitative estimate of drug-likeness (QED) is 0.898.